The highest BCUT2D eigenvalue weighted by Gasteiger charge is 2.33. The van der Waals surface area contributed by atoms with Crippen LogP contribution in [-0.2, 0) is 11.0 Å². The fourth-order valence-electron chi connectivity index (χ4n) is 2.01. The normalized spacial score (nSPS) is 15.7. The third-order valence-electron chi connectivity index (χ3n) is 3.04. The van der Waals surface area contributed by atoms with Gasteiger partial charge >= 0.3 is 6.18 Å². The number of amides is 2. The van der Waals surface area contributed by atoms with E-state index in [0.29, 0.717) is 13.1 Å². The second-order valence-corrected chi connectivity index (χ2v) is 4.68. The molecule has 2 rings (SSSR count). The van der Waals surface area contributed by atoms with Gasteiger partial charge < -0.3 is 10.2 Å². The van der Waals surface area contributed by atoms with Crippen LogP contribution >= 0.6 is 0 Å². The zero-order valence-corrected chi connectivity index (χ0v) is 10.7. The first-order chi connectivity index (χ1) is 9.27. The standard InChI is InChI=1S/C13H13F3N2O2/c1-8(19)17-11-6-18(7-11)12(20)9-2-4-10(5-3-9)13(14,15)16/h2-5,11H,6-7H2,1H3,(H,17,19). The fourth-order valence-corrected chi connectivity index (χ4v) is 2.01. The van der Waals surface area contributed by atoms with Crippen molar-refractivity contribution in [3.63, 3.8) is 0 Å². The highest BCUT2D eigenvalue weighted by Crippen LogP contribution is 2.29. The molecule has 1 N–H and O–H groups in total. The SMILES string of the molecule is CC(=O)NC1CN(C(=O)c2ccc(C(F)(F)F)cc2)C1. The van der Waals surface area contributed by atoms with Crippen molar-refractivity contribution in [2.45, 2.75) is 19.1 Å². The van der Waals surface area contributed by atoms with Crippen molar-refractivity contribution in [1.29, 1.82) is 0 Å². The van der Waals surface area contributed by atoms with Gasteiger partial charge in [0, 0.05) is 25.6 Å². The van der Waals surface area contributed by atoms with E-state index in [1.54, 1.807) is 0 Å². The van der Waals surface area contributed by atoms with Gasteiger partial charge in [-0.1, -0.05) is 0 Å². The van der Waals surface area contributed by atoms with Gasteiger partial charge in [0.15, 0.2) is 0 Å². The number of carbonyl (C=O) groups is 2. The van der Waals surface area contributed by atoms with Gasteiger partial charge in [0.2, 0.25) is 5.91 Å². The summed E-state index contributed by atoms with van der Waals surface area (Å²) in [5.41, 5.74) is -0.576. The van der Waals surface area contributed by atoms with E-state index in [9.17, 15) is 22.8 Å². The minimum Gasteiger partial charge on any atom is -0.350 e. The number of halogens is 3. The Morgan fingerprint density at radius 1 is 1.20 bits per heavy atom. The van der Waals surface area contributed by atoms with Gasteiger partial charge in [-0.05, 0) is 24.3 Å². The van der Waals surface area contributed by atoms with E-state index in [4.69, 9.17) is 0 Å². The minimum absolute atomic E-state index is 0.0779. The van der Waals surface area contributed by atoms with Crippen LogP contribution in [-0.4, -0.2) is 35.8 Å². The van der Waals surface area contributed by atoms with E-state index >= 15 is 0 Å². The molecule has 0 aromatic heterocycles. The maximum absolute atomic E-state index is 12.4. The average molecular weight is 286 g/mol. The quantitative estimate of drug-likeness (QED) is 0.899. The second kappa shape index (κ2) is 5.15. The molecule has 0 unspecified atom stereocenters. The molecule has 1 aliphatic heterocycles. The summed E-state index contributed by atoms with van der Waals surface area (Å²) in [5, 5.41) is 2.66. The smallest absolute Gasteiger partial charge is 0.350 e. The van der Waals surface area contributed by atoms with Crippen molar-refractivity contribution in [2.75, 3.05) is 13.1 Å². The van der Waals surface area contributed by atoms with Gasteiger partial charge in [0.1, 0.15) is 0 Å². The number of rotatable bonds is 2. The molecule has 0 saturated carbocycles. The number of nitrogens with one attached hydrogen (secondary N) is 1. The highest BCUT2D eigenvalue weighted by atomic mass is 19.4. The molecule has 0 bridgehead atoms. The van der Waals surface area contributed by atoms with Crippen molar-refractivity contribution in [3.8, 4) is 0 Å². The molecule has 1 heterocycles. The first kappa shape index (κ1) is 14.4. The monoisotopic (exact) mass is 286 g/mol. The van der Waals surface area contributed by atoms with Gasteiger partial charge in [-0.25, -0.2) is 0 Å². The summed E-state index contributed by atoms with van der Waals surface area (Å²) in [7, 11) is 0. The molecule has 1 aromatic carbocycles. The number of hydrogen-bond donors (Lipinski definition) is 1. The minimum atomic E-state index is -4.41. The molecule has 0 atom stereocenters. The van der Waals surface area contributed by atoms with Crippen LogP contribution in [0.15, 0.2) is 24.3 Å². The Kier molecular flexibility index (Phi) is 3.69. The lowest BCUT2D eigenvalue weighted by molar-refractivity contribution is -0.137. The second-order valence-electron chi connectivity index (χ2n) is 4.68. The molecular weight excluding hydrogens is 273 g/mol. The van der Waals surface area contributed by atoms with E-state index in [2.05, 4.69) is 5.32 Å². The predicted molar refractivity (Wildman–Crippen MR) is 65.0 cm³/mol. The first-order valence-corrected chi connectivity index (χ1v) is 6.01. The summed E-state index contributed by atoms with van der Waals surface area (Å²) in [6, 6.07) is 4.02. The Morgan fingerprint density at radius 2 is 1.75 bits per heavy atom. The van der Waals surface area contributed by atoms with Gasteiger partial charge in [-0.3, -0.25) is 9.59 Å². The lowest BCUT2D eigenvalue weighted by Crippen LogP contribution is -2.60. The van der Waals surface area contributed by atoms with Crippen molar-refractivity contribution in [2.24, 2.45) is 0 Å². The van der Waals surface area contributed by atoms with Crippen LogP contribution in [0.2, 0.25) is 0 Å². The summed E-state index contributed by atoms with van der Waals surface area (Å²) >= 11 is 0. The summed E-state index contributed by atoms with van der Waals surface area (Å²) < 4.78 is 37.2. The Labute approximate surface area is 113 Å². The van der Waals surface area contributed by atoms with Crippen LogP contribution in [0.5, 0.6) is 0 Å². The van der Waals surface area contributed by atoms with Crippen molar-refractivity contribution < 1.29 is 22.8 Å². The van der Waals surface area contributed by atoms with Crippen LogP contribution < -0.4 is 5.32 Å². The maximum atomic E-state index is 12.4. The summed E-state index contributed by atoms with van der Waals surface area (Å²) in [5.74, 6) is -0.503. The molecule has 0 spiro atoms. The third kappa shape index (κ3) is 3.09. The van der Waals surface area contributed by atoms with Gasteiger partial charge in [-0.15, -0.1) is 0 Å². The van der Waals surface area contributed by atoms with Crippen molar-refractivity contribution in [1.82, 2.24) is 10.2 Å². The molecule has 1 aromatic rings. The molecule has 1 saturated heterocycles. The largest absolute Gasteiger partial charge is 0.416 e. The molecule has 0 aliphatic carbocycles. The molecule has 7 heteroatoms. The Hall–Kier alpha value is -2.05. The fraction of sp³-hybridized carbons (Fsp3) is 0.385. The lowest BCUT2D eigenvalue weighted by Gasteiger charge is -2.39. The first-order valence-electron chi connectivity index (χ1n) is 6.01. The van der Waals surface area contributed by atoms with Crippen LogP contribution in [0.25, 0.3) is 0 Å². The third-order valence-corrected chi connectivity index (χ3v) is 3.04. The molecule has 1 aliphatic rings. The average Bonchev–Trinajstić information content (AvgIpc) is 2.31. The number of hydrogen-bond acceptors (Lipinski definition) is 2. The van der Waals surface area contributed by atoms with Crippen molar-refractivity contribution >= 4 is 11.8 Å². The van der Waals surface area contributed by atoms with Gasteiger partial charge in [0.05, 0.1) is 11.6 Å². The predicted octanol–water partition coefficient (Wildman–Crippen LogP) is 1.67. The van der Waals surface area contributed by atoms with E-state index < -0.39 is 11.7 Å². The Morgan fingerprint density at radius 3 is 2.20 bits per heavy atom. The molecular formula is C13H13F3N2O2. The molecule has 4 nitrogen and oxygen atoms in total. The van der Waals surface area contributed by atoms with E-state index in [1.165, 1.54) is 11.8 Å². The van der Waals surface area contributed by atoms with Crippen molar-refractivity contribution in [3.05, 3.63) is 35.4 Å². The van der Waals surface area contributed by atoms with E-state index in [1.807, 2.05) is 0 Å². The van der Waals surface area contributed by atoms with Crippen LogP contribution in [0.1, 0.15) is 22.8 Å². The zero-order valence-electron chi connectivity index (χ0n) is 10.7. The molecule has 0 radical (unpaired) electrons. The zero-order chi connectivity index (χ0) is 14.9. The Balaban J connectivity index is 1.96. The molecule has 1 fully saturated rings. The summed E-state index contributed by atoms with van der Waals surface area (Å²) in [6.07, 6.45) is -4.41. The van der Waals surface area contributed by atoms with Gasteiger partial charge in [-0.2, -0.15) is 13.2 Å². The number of nitrogens with zero attached hydrogens (tertiary/aromatic N) is 1. The number of alkyl halides is 3. The van der Waals surface area contributed by atoms with Crippen LogP contribution in [0.4, 0.5) is 13.2 Å². The van der Waals surface area contributed by atoms with E-state index in [-0.39, 0.29) is 23.4 Å². The number of carbonyl (C=O) groups excluding carboxylic acids is 2. The van der Waals surface area contributed by atoms with Crippen LogP contribution in [0, 0.1) is 0 Å². The molecule has 2 amide bonds. The summed E-state index contributed by atoms with van der Waals surface area (Å²) in [4.78, 5) is 24.2. The highest BCUT2D eigenvalue weighted by molar-refractivity contribution is 5.95. The number of likely N-dealkylation sites (tertiary alicyclic amines) is 1. The number of benzene rings is 1. The molecule has 108 valence electrons. The molecule has 20 heavy (non-hydrogen) atoms. The summed E-state index contributed by atoms with van der Waals surface area (Å²) in [6.45, 7) is 2.14. The van der Waals surface area contributed by atoms with E-state index in [0.717, 1.165) is 24.3 Å². The topological polar surface area (TPSA) is 49.4 Å². The van der Waals surface area contributed by atoms with Gasteiger partial charge in [0.25, 0.3) is 5.91 Å². The Bertz CT molecular complexity index is 519. The maximum Gasteiger partial charge on any atom is 0.416 e. The van der Waals surface area contributed by atoms with Crippen LogP contribution in [0.3, 0.4) is 0 Å². The lowest BCUT2D eigenvalue weighted by atomic mass is 10.1.